The molecule has 0 amide bonds. The van der Waals surface area contributed by atoms with Crippen LogP contribution in [0.5, 0.6) is 28.7 Å². The summed E-state index contributed by atoms with van der Waals surface area (Å²) < 4.78 is 42.3. The van der Waals surface area contributed by atoms with Gasteiger partial charge in [-0.05, 0) is 114 Å². The molecule has 0 N–H and O–H groups in total. The van der Waals surface area contributed by atoms with Crippen LogP contribution in [0.1, 0.15) is 44.5 Å². The minimum Gasteiger partial charge on any atom is -0.497 e. The fraction of sp³-hybridized carbons (Fsp3) is 0.120. The standard InChI is InChI=1S/C50H43O5P/c1-6-37-15-17-38(18-16-37)33-53-43-27-21-40(22-28-43)50(39-19-25-42(52-5)26-20-39,41-23-29-44(30-24-41)54-49-35(3)31-34(2)32-36(49)4)56(51)48-14-10-8-12-46(48)45-11-7-9-13-47(45)55-56/h6-32H,1,33H2,2-5H3. The Morgan fingerprint density at radius 2 is 1.18 bits per heavy atom. The topological polar surface area (TPSA) is 54.0 Å². The predicted octanol–water partition coefficient (Wildman–Crippen LogP) is 12.6. The first-order valence-electron chi connectivity index (χ1n) is 18.7. The molecule has 0 aromatic heterocycles. The first kappa shape index (κ1) is 36.7. The molecule has 1 aliphatic heterocycles. The molecule has 0 bridgehead atoms. The normalized spacial score (nSPS) is 15.4. The molecular formula is C50H43O5P. The highest BCUT2D eigenvalue weighted by Crippen LogP contribution is 2.71. The summed E-state index contributed by atoms with van der Waals surface area (Å²) in [5.74, 6) is 3.44. The molecule has 2 unspecified atom stereocenters. The van der Waals surface area contributed by atoms with Crippen molar-refractivity contribution in [3.8, 4) is 39.9 Å². The highest BCUT2D eigenvalue weighted by molar-refractivity contribution is 7.69. The third-order valence-corrected chi connectivity index (χ3v) is 13.7. The molecule has 5 nitrogen and oxygen atoms in total. The molecule has 0 aliphatic carbocycles. The molecule has 0 fully saturated rings. The first-order chi connectivity index (χ1) is 27.2. The van der Waals surface area contributed by atoms with E-state index in [0.717, 1.165) is 55.8 Å². The van der Waals surface area contributed by atoms with E-state index in [0.29, 0.717) is 34.9 Å². The lowest BCUT2D eigenvalue weighted by Gasteiger charge is -2.44. The monoisotopic (exact) mass is 754 g/mol. The van der Waals surface area contributed by atoms with Crippen LogP contribution in [0.2, 0.25) is 0 Å². The van der Waals surface area contributed by atoms with Crippen molar-refractivity contribution >= 4 is 18.7 Å². The maximum atomic E-state index is 16.8. The number of para-hydroxylation sites is 1. The number of methoxy groups -OCH3 is 1. The molecule has 8 rings (SSSR count). The molecule has 1 aliphatic rings. The Hall–Kier alpha value is -6.29. The fourth-order valence-electron chi connectivity index (χ4n) is 7.92. The molecule has 7 aromatic carbocycles. The van der Waals surface area contributed by atoms with E-state index in [4.69, 9.17) is 18.7 Å². The minimum absolute atomic E-state index is 0.396. The van der Waals surface area contributed by atoms with E-state index in [9.17, 15) is 0 Å². The molecule has 7 aromatic rings. The maximum absolute atomic E-state index is 16.8. The summed E-state index contributed by atoms with van der Waals surface area (Å²) in [6.45, 7) is 10.5. The van der Waals surface area contributed by atoms with Gasteiger partial charge < -0.3 is 18.7 Å². The molecule has 0 saturated carbocycles. The maximum Gasteiger partial charge on any atom is 0.296 e. The Morgan fingerprint density at radius 3 is 1.77 bits per heavy atom. The summed E-state index contributed by atoms with van der Waals surface area (Å²) in [5, 5.41) is -0.694. The average Bonchev–Trinajstić information content (AvgIpc) is 3.23. The quantitative estimate of drug-likeness (QED) is 0.0972. The van der Waals surface area contributed by atoms with E-state index in [1.54, 1.807) is 7.11 Å². The van der Waals surface area contributed by atoms with Crippen molar-refractivity contribution in [2.45, 2.75) is 32.5 Å². The van der Waals surface area contributed by atoms with Crippen molar-refractivity contribution < 1.29 is 23.3 Å². The van der Waals surface area contributed by atoms with Crippen LogP contribution in [0.4, 0.5) is 0 Å². The van der Waals surface area contributed by atoms with Crippen LogP contribution < -0.4 is 24.0 Å². The van der Waals surface area contributed by atoms with Crippen LogP contribution in [-0.2, 0) is 16.3 Å². The lowest BCUT2D eigenvalue weighted by atomic mass is 9.83. The van der Waals surface area contributed by atoms with Gasteiger partial charge in [-0.3, -0.25) is 4.57 Å². The number of ether oxygens (including phenoxy) is 3. The summed E-state index contributed by atoms with van der Waals surface area (Å²) in [5.41, 5.74) is 9.52. The lowest BCUT2D eigenvalue weighted by molar-refractivity contribution is 0.306. The Labute approximate surface area is 329 Å². The van der Waals surface area contributed by atoms with Crippen LogP contribution in [0.3, 0.4) is 0 Å². The van der Waals surface area contributed by atoms with E-state index >= 15 is 4.57 Å². The Bertz CT molecular complexity index is 2550. The van der Waals surface area contributed by atoms with Crippen molar-refractivity contribution in [2.75, 3.05) is 7.11 Å². The second kappa shape index (κ2) is 15.1. The molecule has 56 heavy (non-hydrogen) atoms. The van der Waals surface area contributed by atoms with Gasteiger partial charge in [0, 0.05) is 5.56 Å². The van der Waals surface area contributed by atoms with Crippen LogP contribution >= 0.6 is 7.37 Å². The van der Waals surface area contributed by atoms with Crippen LogP contribution in [-0.4, -0.2) is 7.11 Å². The zero-order chi connectivity index (χ0) is 38.9. The van der Waals surface area contributed by atoms with Gasteiger partial charge in [0.1, 0.15) is 40.5 Å². The van der Waals surface area contributed by atoms with Gasteiger partial charge in [0.15, 0.2) is 0 Å². The summed E-state index contributed by atoms with van der Waals surface area (Å²) >= 11 is 0. The molecule has 2 atom stereocenters. The van der Waals surface area contributed by atoms with Gasteiger partial charge in [0.05, 0.1) is 12.4 Å². The van der Waals surface area contributed by atoms with E-state index < -0.39 is 12.5 Å². The summed E-state index contributed by atoms with van der Waals surface area (Å²) in [7, 11) is -2.34. The van der Waals surface area contributed by atoms with Crippen LogP contribution in [0, 0.1) is 20.8 Å². The molecule has 0 saturated heterocycles. The molecular weight excluding hydrogens is 712 g/mol. The Balaban J connectivity index is 1.32. The van der Waals surface area contributed by atoms with E-state index in [-0.39, 0.29) is 0 Å². The van der Waals surface area contributed by atoms with Crippen molar-refractivity contribution in [1.29, 1.82) is 0 Å². The lowest BCUT2D eigenvalue weighted by Crippen LogP contribution is -2.37. The predicted molar refractivity (Wildman–Crippen MR) is 227 cm³/mol. The number of fused-ring (bicyclic) bond motifs is 3. The van der Waals surface area contributed by atoms with Gasteiger partial charge >= 0.3 is 0 Å². The molecule has 0 radical (unpaired) electrons. The van der Waals surface area contributed by atoms with E-state index in [1.165, 1.54) is 5.56 Å². The fourth-order valence-corrected chi connectivity index (χ4v) is 11.2. The van der Waals surface area contributed by atoms with Crippen molar-refractivity contribution in [3.63, 3.8) is 0 Å². The molecule has 278 valence electrons. The van der Waals surface area contributed by atoms with Crippen LogP contribution in [0.25, 0.3) is 17.2 Å². The van der Waals surface area contributed by atoms with Crippen molar-refractivity contribution in [3.05, 3.63) is 209 Å². The summed E-state index contributed by atoms with van der Waals surface area (Å²) in [6, 6.07) is 51.7. The number of rotatable bonds is 11. The summed E-state index contributed by atoms with van der Waals surface area (Å²) in [6.07, 6.45) is 1.82. The van der Waals surface area contributed by atoms with Crippen molar-refractivity contribution in [1.82, 2.24) is 0 Å². The Morgan fingerprint density at radius 1 is 0.643 bits per heavy atom. The van der Waals surface area contributed by atoms with E-state index in [1.807, 2.05) is 152 Å². The van der Waals surface area contributed by atoms with Gasteiger partial charge in [0.25, 0.3) is 7.37 Å². The zero-order valence-electron chi connectivity index (χ0n) is 32.0. The van der Waals surface area contributed by atoms with Gasteiger partial charge in [-0.2, -0.15) is 0 Å². The molecule has 0 spiro atoms. The number of hydrogen-bond acceptors (Lipinski definition) is 5. The highest BCUT2D eigenvalue weighted by atomic mass is 31.2. The minimum atomic E-state index is -3.99. The number of hydrogen-bond donors (Lipinski definition) is 0. The third kappa shape index (κ3) is 6.48. The second-order valence-electron chi connectivity index (χ2n) is 14.2. The number of aryl methyl sites for hydroxylation is 3. The van der Waals surface area contributed by atoms with Gasteiger partial charge in [-0.1, -0.05) is 127 Å². The molecule has 6 heteroatoms. The average molecular weight is 755 g/mol. The first-order valence-corrected chi connectivity index (χ1v) is 20.3. The third-order valence-electron chi connectivity index (χ3n) is 10.6. The van der Waals surface area contributed by atoms with Crippen LogP contribution in [0.15, 0.2) is 164 Å². The van der Waals surface area contributed by atoms with Gasteiger partial charge in [0.2, 0.25) is 0 Å². The largest absolute Gasteiger partial charge is 0.497 e. The highest BCUT2D eigenvalue weighted by Gasteiger charge is 2.58. The van der Waals surface area contributed by atoms with Crippen molar-refractivity contribution in [2.24, 2.45) is 0 Å². The van der Waals surface area contributed by atoms with Gasteiger partial charge in [-0.25, -0.2) is 0 Å². The van der Waals surface area contributed by atoms with Gasteiger partial charge in [-0.15, -0.1) is 0 Å². The summed E-state index contributed by atoms with van der Waals surface area (Å²) in [4.78, 5) is 0. The Kier molecular flexibility index (Phi) is 9.88. The SMILES string of the molecule is C=Cc1ccc(COc2ccc(C(c3ccc(OC)cc3)(c3ccc(Oc4c(C)cc(C)cc4C)cc3)P3(=O)Oc4ccccc4-c4ccccc43)cc2)cc1. The smallest absolute Gasteiger partial charge is 0.296 e. The van der Waals surface area contributed by atoms with E-state index in [2.05, 4.69) is 39.5 Å². The number of benzene rings is 7. The molecule has 1 heterocycles. The zero-order valence-corrected chi connectivity index (χ0v) is 32.9. The second-order valence-corrected chi connectivity index (χ2v) is 16.6.